The Morgan fingerprint density at radius 3 is 2.58 bits per heavy atom. The molecular weight excluding hydrogens is 302 g/mol. The average Bonchev–Trinajstić information content (AvgIpc) is 3.13. The molecule has 24 heavy (non-hydrogen) atoms. The van der Waals surface area contributed by atoms with Crippen molar-refractivity contribution in [1.82, 2.24) is 5.32 Å². The highest BCUT2D eigenvalue weighted by atomic mass is 16.5. The lowest BCUT2D eigenvalue weighted by atomic mass is 10.1. The molecule has 0 aromatic heterocycles. The standard InChI is InChI=1S/C20H23NO3/c22-20(13-19-11-6-12-23-19)21-14-16-7-4-5-8-17(16)15-24-18-9-2-1-3-10-18/h1-5,7-10,19H,6,11-15H2,(H,21,22)/t19-/m0/s1. The van der Waals surface area contributed by atoms with Gasteiger partial charge in [-0.3, -0.25) is 4.79 Å². The fourth-order valence-electron chi connectivity index (χ4n) is 2.83. The molecule has 1 amide bonds. The van der Waals surface area contributed by atoms with E-state index in [1.165, 1.54) is 0 Å². The number of hydrogen-bond donors (Lipinski definition) is 1. The topological polar surface area (TPSA) is 47.6 Å². The minimum absolute atomic E-state index is 0.0423. The van der Waals surface area contributed by atoms with Crippen LogP contribution in [0.25, 0.3) is 0 Å². The Labute approximate surface area is 142 Å². The molecule has 1 fully saturated rings. The molecule has 1 aliphatic rings. The minimum atomic E-state index is 0.0423. The third-order valence-electron chi connectivity index (χ3n) is 4.17. The second-order valence-electron chi connectivity index (χ2n) is 5.99. The quantitative estimate of drug-likeness (QED) is 0.848. The number of para-hydroxylation sites is 1. The molecule has 2 aromatic rings. The van der Waals surface area contributed by atoms with E-state index < -0.39 is 0 Å². The van der Waals surface area contributed by atoms with Gasteiger partial charge in [-0.15, -0.1) is 0 Å². The van der Waals surface area contributed by atoms with Crippen LogP contribution >= 0.6 is 0 Å². The fourth-order valence-corrected chi connectivity index (χ4v) is 2.83. The smallest absolute Gasteiger partial charge is 0.222 e. The maximum Gasteiger partial charge on any atom is 0.222 e. The lowest BCUT2D eigenvalue weighted by Gasteiger charge is -2.13. The van der Waals surface area contributed by atoms with Crippen LogP contribution in [0.4, 0.5) is 0 Å². The van der Waals surface area contributed by atoms with Crippen molar-refractivity contribution in [2.75, 3.05) is 6.61 Å². The summed E-state index contributed by atoms with van der Waals surface area (Å²) in [7, 11) is 0. The van der Waals surface area contributed by atoms with Crippen molar-refractivity contribution < 1.29 is 14.3 Å². The molecule has 1 N–H and O–H groups in total. The van der Waals surface area contributed by atoms with Crippen LogP contribution in [-0.4, -0.2) is 18.6 Å². The Bertz CT molecular complexity index is 651. The third kappa shape index (κ3) is 4.83. The SMILES string of the molecule is O=C(C[C@@H]1CCCO1)NCc1ccccc1COc1ccccc1. The van der Waals surface area contributed by atoms with E-state index in [9.17, 15) is 4.79 Å². The highest BCUT2D eigenvalue weighted by Gasteiger charge is 2.18. The summed E-state index contributed by atoms with van der Waals surface area (Å²) >= 11 is 0. The van der Waals surface area contributed by atoms with Crippen LogP contribution < -0.4 is 10.1 Å². The second-order valence-corrected chi connectivity index (χ2v) is 5.99. The van der Waals surface area contributed by atoms with Crippen LogP contribution in [0.1, 0.15) is 30.4 Å². The Balaban J connectivity index is 1.52. The van der Waals surface area contributed by atoms with E-state index in [2.05, 4.69) is 5.32 Å². The summed E-state index contributed by atoms with van der Waals surface area (Å²) in [6.07, 6.45) is 2.57. The van der Waals surface area contributed by atoms with Crippen molar-refractivity contribution in [2.24, 2.45) is 0 Å². The van der Waals surface area contributed by atoms with Gasteiger partial charge in [-0.05, 0) is 36.1 Å². The Hall–Kier alpha value is -2.33. The highest BCUT2D eigenvalue weighted by molar-refractivity contribution is 5.76. The van der Waals surface area contributed by atoms with Crippen LogP contribution in [-0.2, 0) is 22.7 Å². The lowest BCUT2D eigenvalue weighted by molar-refractivity contribution is -0.123. The normalized spacial score (nSPS) is 16.8. The Kier molecular flexibility index (Phi) is 5.85. The lowest BCUT2D eigenvalue weighted by Crippen LogP contribution is -2.27. The van der Waals surface area contributed by atoms with E-state index in [-0.39, 0.29) is 12.0 Å². The molecule has 0 saturated carbocycles. The minimum Gasteiger partial charge on any atom is -0.489 e. The van der Waals surface area contributed by atoms with Crippen LogP contribution in [0, 0.1) is 0 Å². The zero-order valence-corrected chi connectivity index (χ0v) is 13.7. The zero-order chi connectivity index (χ0) is 16.6. The zero-order valence-electron chi connectivity index (χ0n) is 13.7. The number of carbonyl (C=O) groups excluding carboxylic acids is 1. The molecule has 1 saturated heterocycles. The van der Waals surface area contributed by atoms with Gasteiger partial charge in [0.05, 0.1) is 12.5 Å². The maximum absolute atomic E-state index is 12.0. The van der Waals surface area contributed by atoms with Crippen LogP contribution in [0.15, 0.2) is 54.6 Å². The number of hydrogen-bond acceptors (Lipinski definition) is 3. The van der Waals surface area contributed by atoms with Crippen molar-refractivity contribution in [3.8, 4) is 5.75 Å². The van der Waals surface area contributed by atoms with E-state index in [4.69, 9.17) is 9.47 Å². The molecule has 4 heteroatoms. The molecule has 2 aromatic carbocycles. The monoisotopic (exact) mass is 325 g/mol. The van der Waals surface area contributed by atoms with E-state index in [0.717, 1.165) is 36.3 Å². The van der Waals surface area contributed by atoms with Crippen molar-refractivity contribution in [3.05, 3.63) is 65.7 Å². The molecule has 3 rings (SSSR count). The number of benzene rings is 2. The van der Waals surface area contributed by atoms with Crippen LogP contribution in [0.2, 0.25) is 0 Å². The first-order chi connectivity index (χ1) is 11.8. The van der Waals surface area contributed by atoms with Crippen molar-refractivity contribution in [3.63, 3.8) is 0 Å². The van der Waals surface area contributed by atoms with Gasteiger partial charge in [0.25, 0.3) is 0 Å². The fraction of sp³-hybridized carbons (Fsp3) is 0.350. The van der Waals surface area contributed by atoms with Crippen molar-refractivity contribution in [1.29, 1.82) is 0 Å². The molecule has 1 aliphatic heterocycles. The van der Waals surface area contributed by atoms with Gasteiger partial charge in [-0.2, -0.15) is 0 Å². The molecule has 1 atom stereocenters. The summed E-state index contributed by atoms with van der Waals surface area (Å²) in [5.41, 5.74) is 2.16. The number of nitrogens with one attached hydrogen (secondary N) is 1. The Morgan fingerprint density at radius 2 is 1.83 bits per heavy atom. The molecule has 0 aliphatic carbocycles. The Morgan fingerprint density at radius 1 is 1.08 bits per heavy atom. The van der Waals surface area contributed by atoms with Gasteiger partial charge in [0, 0.05) is 13.2 Å². The van der Waals surface area contributed by atoms with E-state index in [1.807, 2.05) is 54.6 Å². The van der Waals surface area contributed by atoms with E-state index in [0.29, 0.717) is 19.6 Å². The van der Waals surface area contributed by atoms with Crippen LogP contribution in [0.3, 0.4) is 0 Å². The van der Waals surface area contributed by atoms with Crippen LogP contribution in [0.5, 0.6) is 5.75 Å². The maximum atomic E-state index is 12.0. The largest absolute Gasteiger partial charge is 0.489 e. The first-order valence-electron chi connectivity index (χ1n) is 8.44. The molecule has 0 radical (unpaired) electrons. The molecule has 0 unspecified atom stereocenters. The summed E-state index contributed by atoms with van der Waals surface area (Å²) in [5, 5.41) is 2.99. The predicted octanol–water partition coefficient (Wildman–Crippen LogP) is 3.45. The molecular formula is C20H23NO3. The summed E-state index contributed by atoms with van der Waals surface area (Å²) in [4.78, 5) is 12.0. The first-order valence-corrected chi connectivity index (χ1v) is 8.44. The summed E-state index contributed by atoms with van der Waals surface area (Å²) in [6.45, 7) is 1.78. The highest BCUT2D eigenvalue weighted by Crippen LogP contribution is 2.16. The third-order valence-corrected chi connectivity index (χ3v) is 4.17. The van der Waals surface area contributed by atoms with Gasteiger partial charge >= 0.3 is 0 Å². The molecule has 0 bridgehead atoms. The number of ether oxygens (including phenoxy) is 2. The van der Waals surface area contributed by atoms with Gasteiger partial charge in [0.1, 0.15) is 12.4 Å². The van der Waals surface area contributed by atoms with Gasteiger partial charge in [-0.1, -0.05) is 42.5 Å². The summed E-state index contributed by atoms with van der Waals surface area (Å²) < 4.78 is 11.3. The molecule has 126 valence electrons. The number of rotatable bonds is 7. The summed E-state index contributed by atoms with van der Waals surface area (Å²) in [5.74, 6) is 0.885. The van der Waals surface area contributed by atoms with Gasteiger partial charge < -0.3 is 14.8 Å². The number of carbonyl (C=O) groups is 1. The second kappa shape index (κ2) is 8.50. The van der Waals surface area contributed by atoms with Crippen molar-refractivity contribution >= 4 is 5.91 Å². The molecule has 0 spiro atoms. The number of amides is 1. The van der Waals surface area contributed by atoms with Gasteiger partial charge in [0.15, 0.2) is 0 Å². The van der Waals surface area contributed by atoms with E-state index >= 15 is 0 Å². The predicted molar refractivity (Wildman–Crippen MR) is 92.7 cm³/mol. The van der Waals surface area contributed by atoms with Gasteiger partial charge in [0.2, 0.25) is 5.91 Å². The van der Waals surface area contributed by atoms with Crippen molar-refractivity contribution in [2.45, 2.75) is 38.5 Å². The van der Waals surface area contributed by atoms with E-state index in [1.54, 1.807) is 0 Å². The summed E-state index contributed by atoms with van der Waals surface area (Å²) in [6, 6.07) is 17.8. The van der Waals surface area contributed by atoms with Gasteiger partial charge in [-0.25, -0.2) is 0 Å². The molecule has 1 heterocycles. The average molecular weight is 325 g/mol. The molecule has 4 nitrogen and oxygen atoms in total. The first kappa shape index (κ1) is 16.5.